The van der Waals surface area contributed by atoms with E-state index in [0.29, 0.717) is 31.2 Å². The molecule has 114 valence electrons. The first-order valence-electron chi connectivity index (χ1n) is 6.80. The van der Waals surface area contributed by atoms with E-state index in [9.17, 15) is 8.42 Å². The first-order valence-corrected chi connectivity index (χ1v) is 8.41. The second kappa shape index (κ2) is 5.23. The van der Waals surface area contributed by atoms with Gasteiger partial charge in [-0.15, -0.1) is 0 Å². The highest BCUT2D eigenvalue weighted by atomic mass is 32.2. The quantitative estimate of drug-likeness (QED) is 0.863. The van der Waals surface area contributed by atoms with Gasteiger partial charge in [0.05, 0.1) is 11.4 Å². The van der Waals surface area contributed by atoms with Crippen molar-refractivity contribution in [3.05, 3.63) is 12.0 Å². The van der Waals surface area contributed by atoms with Gasteiger partial charge in [0.25, 0.3) is 5.71 Å². The van der Waals surface area contributed by atoms with Crippen LogP contribution in [-0.4, -0.2) is 53.2 Å². The molecule has 1 saturated heterocycles. The highest BCUT2D eigenvalue weighted by molar-refractivity contribution is 7.89. The Morgan fingerprint density at radius 3 is 2.90 bits per heavy atom. The Morgan fingerprint density at radius 2 is 2.19 bits per heavy atom. The van der Waals surface area contributed by atoms with Gasteiger partial charge < -0.3 is 9.84 Å². The molecule has 3 heterocycles. The van der Waals surface area contributed by atoms with Crippen molar-refractivity contribution in [3.8, 4) is 0 Å². The molecule has 3 rings (SSSR count). The van der Waals surface area contributed by atoms with Crippen LogP contribution in [0.4, 0.5) is 5.82 Å². The molecule has 0 atom stereocenters. The normalized spacial score (nSPS) is 17.0. The molecule has 2 aromatic rings. The summed E-state index contributed by atoms with van der Waals surface area (Å²) in [6.45, 7) is 5.26. The predicted octanol–water partition coefficient (Wildman–Crippen LogP) is 0.620. The average Bonchev–Trinajstić information content (AvgIpc) is 2.79. The second-order valence-electron chi connectivity index (χ2n) is 5.13. The fourth-order valence-corrected chi connectivity index (χ4v) is 3.60. The van der Waals surface area contributed by atoms with Crippen LogP contribution in [0.15, 0.2) is 10.9 Å². The molecular weight excluding hydrogens is 294 g/mol. The monoisotopic (exact) mass is 311 g/mol. The zero-order valence-corrected chi connectivity index (χ0v) is 12.7. The predicted molar refractivity (Wildman–Crippen MR) is 77.3 cm³/mol. The van der Waals surface area contributed by atoms with E-state index in [-0.39, 0.29) is 11.7 Å². The smallest absolute Gasteiger partial charge is 0.263 e. The topological polar surface area (TPSA) is 101 Å². The van der Waals surface area contributed by atoms with E-state index in [1.54, 1.807) is 6.92 Å². The number of sulfonamides is 1. The Hall–Kier alpha value is -1.74. The summed E-state index contributed by atoms with van der Waals surface area (Å²) in [5.41, 5.74) is 1.19. The lowest BCUT2D eigenvalue weighted by Gasteiger charge is -2.38. The van der Waals surface area contributed by atoms with Crippen LogP contribution >= 0.6 is 0 Å². The molecule has 0 aliphatic carbocycles. The molecule has 1 aliphatic rings. The SMILES string of the molecule is CCS(=O)(=O)N1CC(CNc2ncnc3onc(C)c23)C1. The summed E-state index contributed by atoms with van der Waals surface area (Å²) in [5, 5.41) is 7.87. The third-order valence-electron chi connectivity index (χ3n) is 3.68. The molecule has 1 aliphatic heterocycles. The molecule has 0 saturated carbocycles. The number of nitrogens with one attached hydrogen (secondary N) is 1. The fourth-order valence-electron chi connectivity index (χ4n) is 2.36. The highest BCUT2D eigenvalue weighted by Gasteiger charge is 2.34. The Balaban J connectivity index is 1.63. The van der Waals surface area contributed by atoms with E-state index in [1.807, 2.05) is 6.92 Å². The van der Waals surface area contributed by atoms with Gasteiger partial charge in [0.15, 0.2) is 0 Å². The lowest BCUT2D eigenvalue weighted by atomic mass is 10.0. The third-order valence-corrected chi connectivity index (χ3v) is 5.50. The van der Waals surface area contributed by atoms with Gasteiger partial charge in [-0.1, -0.05) is 5.16 Å². The molecule has 0 amide bonds. The van der Waals surface area contributed by atoms with Crippen molar-refractivity contribution >= 4 is 26.9 Å². The summed E-state index contributed by atoms with van der Waals surface area (Å²) in [4.78, 5) is 8.21. The minimum atomic E-state index is -3.05. The van der Waals surface area contributed by atoms with Gasteiger partial charge >= 0.3 is 0 Å². The van der Waals surface area contributed by atoms with Crippen LogP contribution in [-0.2, 0) is 10.0 Å². The zero-order chi connectivity index (χ0) is 15.0. The molecule has 0 unspecified atom stereocenters. The van der Waals surface area contributed by atoms with E-state index in [2.05, 4.69) is 20.4 Å². The van der Waals surface area contributed by atoms with Crippen molar-refractivity contribution in [2.45, 2.75) is 13.8 Å². The standard InChI is InChI=1S/C12H17N5O3S/c1-3-21(18,19)17-5-9(6-17)4-13-11-10-8(2)16-20-12(10)15-7-14-11/h7,9H,3-6H2,1-2H3,(H,13,14,15). The molecule has 0 bridgehead atoms. The molecule has 2 aromatic heterocycles. The van der Waals surface area contributed by atoms with Crippen molar-refractivity contribution in [2.75, 3.05) is 30.7 Å². The van der Waals surface area contributed by atoms with Crippen LogP contribution in [0.5, 0.6) is 0 Å². The lowest BCUT2D eigenvalue weighted by Crippen LogP contribution is -2.52. The van der Waals surface area contributed by atoms with Gasteiger partial charge in [-0.25, -0.2) is 17.7 Å². The minimum absolute atomic E-state index is 0.152. The van der Waals surface area contributed by atoms with Crippen LogP contribution in [0.2, 0.25) is 0 Å². The number of nitrogens with zero attached hydrogens (tertiary/aromatic N) is 4. The van der Waals surface area contributed by atoms with Crippen molar-refractivity contribution in [2.24, 2.45) is 5.92 Å². The number of anilines is 1. The van der Waals surface area contributed by atoms with Crippen LogP contribution in [0.25, 0.3) is 11.1 Å². The van der Waals surface area contributed by atoms with E-state index in [1.165, 1.54) is 10.6 Å². The Morgan fingerprint density at radius 1 is 1.43 bits per heavy atom. The summed E-state index contributed by atoms with van der Waals surface area (Å²) in [6, 6.07) is 0. The molecular formula is C12H17N5O3S. The molecule has 8 nitrogen and oxygen atoms in total. The van der Waals surface area contributed by atoms with Gasteiger partial charge in [0.2, 0.25) is 10.0 Å². The molecule has 9 heteroatoms. The van der Waals surface area contributed by atoms with E-state index < -0.39 is 10.0 Å². The average molecular weight is 311 g/mol. The summed E-state index contributed by atoms with van der Waals surface area (Å²) < 4.78 is 29.9. The van der Waals surface area contributed by atoms with E-state index in [0.717, 1.165) is 11.1 Å². The second-order valence-corrected chi connectivity index (χ2v) is 7.39. The number of hydrogen-bond donors (Lipinski definition) is 1. The fraction of sp³-hybridized carbons (Fsp3) is 0.583. The zero-order valence-electron chi connectivity index (χ0n) is 11.9. The first kappa shape index (κ1) is 14.2. The number of rotatable bonds is 5. The summed E-state index contributed by atoms with van der Waals surface area (Å²) in [7, 11) is -3.05. The van der Waals surface area contributed by atoms with Gasteiger partial charge in [-0.05, 0) is 13.8 Å². The van der Waals surface area contributed by atoms with Gasteiger partial charge in [-0.2, -0.15) is 4.98 Å². The molecule has 0 spiro atoms. The first-order chi connectivity index (χ1) is 10.0. The Bertz CT molecular complexity index is 751. The molecule has 0 aromatic carbocycles. The van der Waals surface area contributed by atoms with Gasteiger partial charge in [0, 0.05) is 25.6 Å². The largest absolute Gasteiger partial charge is 0.369 e. The van der Waals surface area contributed by atoms with Crippen molar-refractivity contribution in [1.29, 1.82) is 0 Å². The molecule has 0 radical (unpaired) electrons. The highest BCUT2D eigenvalue weighted by Crippen LogP contribution is 2.24. The number of fused-ring (bicyclic) bond motifs is 1. The molecule has 21 heavy (non-hydrogen) atoms. The number of aryl methyl sites for hydroxylation is 1. The summed E-state index contributed by atoms with van der Waals surface area (Å²) in [5.74, 6) is 1.12. The van der Waals surface area contributed by atoms with Gasteiger partial charge in [-0.3, -0.25) is 0 Å². The van der Waals surface area contributed by atoms with Crippen LogP contribution in [0.1, 0.15) is 12.6 Å². The van der Waals surface area contributed by atoms with Crippen molar-refractivity contribution < 1.29 is 12.9 Å². The summed E-state index contributed by atoms with van der Waals surface area (Å²) >= 11 is 0. The minimum Gasteiger partial charge on any atom is -0.369 e. The van der Waals surface area contributed by atoms with E-state index >= 15 is 0 Å². The van der Waals surface area contributed by atoms with Crippen LogP contribution < -0.4 is 5.32 Å². The maximum Gasteiger partial charge on any atom is 0.263 e. The van der Waals surface area contributed by atoms with Crippen molar-refractivity contribution in [3.63, 3.8) is 0 Å². The number of hydrogen-bond acceptors (Lipinski definition) is 7. The number of aromatic nitrogens is 3. The maximum atomic E-state index is 11.7. The molecule has 1 fully saturated rings. The van der Waals surface area contributed by atoms with Gasteiger partial charge in [0.1, 0.15) is 17.5 Å². The van der Waals surface area contributed by atoms with Crippen LogP contribution in [0, 0.1) is 12.8 Å². The third kappa shape index (κ3) is 2.58. The van der Waals surface area contributed by atoms with E-state index in [4.69, 9.17) is 4.52 Å². The maximum absolute atomic E-state index is 11.7. The van der Waals surface area contributed by atoms with Crippen LogP contribution in [0.3, 0.4) is 0 Å². The Labute approximate surface area is 122 Å². The van der Waals surface area contributed by atoms with Crippen molar-refractivity contribution in [1.82, 2.24) is 19.4 Å². The molecule has 1 N–H and O–H groups in total. The summed E-state index contributed by atoms with van der Waals surface area (Å²) in [6.07, 6.45) is 1.42. The Kier molecular flexibility index (Phi) is 3.54. The lowest BCUT2D eigenvalue weighted by molar-refractivity contribution is 0.212.